The van der Waals surface area contributed by atoms with E-state index in [-0.39, 0.29) is 11.8 Å². The molecule has 0 aliphatic carbocycles. The van der Waals surface area contributed by atoms with Crippen molar-refractivity contribution in [1.29, 1.82) is 0 Å². The second kappa shape index (κ2) is 13.1. The summed E-state index contributed by atoms with van der Waals surface area (Å²) in [5, 5.41) is 6.87. The number of amides is 3. The lowest BCUT2D eigenvalue weighted by Gasteiger charge is -2.30. The molecule has 210 valence electrons. The lowest BCUT2D eigenvalue weighted by atomic mass is 10.0. The molecule has 39 heavy (non-hydrogen) atoms. The van der Waals surface area contributed by atoms with Crippen molar-refractivity contribution in [2.75, 3.05) is 18.4 Å². The molecule has 1 fully saturated rings. The zero-order valence-corrected chi connectivity index (χ0v) is 22.3. The van der Waals surface area contributed by atoms with Gasteiger partial charge in [-0.1, -0.05) is 56.3 Å². The van der Waals surface area contributed by atoms with Gasteiger partial charge in [-0.3, -0.25) is 19.7 Å². The van der Waals surface area contributed by atoms with E-state index in [0.717, 1.165) is 16.3 Å². The molecule has 0 radical (unpaired) electrons. The summed E-state index contributed by atoms with van der Waals surface area (Å²) >= 11 is 1.39. The Morgan fingerprint density at radius 1 is 1.13 bits per heavy atom. The van der Waals surface area contributed by atoms with Crippen molar-refractivity contribution in [2.45, 2.75) is 45.1 Å². The molecule has 9 nitrogen and oxygen atoms in total. The van der Waals surface area contributed by atoms with Crippen LogP contribution in [-0.4, -0.2) is 77.5 Å². The number of rotatable bonds is 9. The third kappa shape index (κ3) is 7.79. The van der Waals surface area contributed by atoms with E-state index in [1.54, 1.807) is 13.8 Å². The second-order valence-corrected chi connectivity index (χ2v) is 10.2. The van der Waals surface area contributed by atoms with Crippen LogP contribution in [0.1, 0.15) is 26.3 Å². The van der Waals surface area contributed by atoms with Crippen molar-refractivity contribution in [3.63, 3.8) is 0 Å². The van der Waals surface area contributed by atoms with Crippen LogP contribution in [0.4, 0.5) is 13.2 Å². The Bertz CT molecular complexity index is 1250. The molecule has 0 saturated carbocycles. The first-order valence-corrected chi connectivity index (χ1v) is 13.3. The van der Waals surface area contributed by atoms with Crippen molar-refractivity contribution in [1.82, 2.24) is 15.5 Å². The van der Waals surface area contributed by atoms with Crippen LogP contribution in [0, 0.1) is 5.92 Å². The van der Waals surface area contributed by atoms with Gasteiger partial charge in [-0.2, -0.15) is 13.2 Å². The number of nitrogens with zero attached hydrogens (tertiary/aromatic N) is 2. The number of thioether (sulfide) groups is 1. The monoisotopic (exact) mass is 566 g/mol. The molecule has 0 aromatic heterocycles. The van der Waals surface area contributed by atoms with Crippen molar-refractivity contribution in [3.05, 3.63) is 48.0 Å². The Labute approximate surface area is 227 Å². The highest BCUT2D eigenvalue weighted by Gasteiger charge is 2.41. The fourth-order valence-corrected chi connectivity index (χ4v) is 4.98. The van der Waals surface area contributed by atoms with Gasteiger partial charge in [0.05, 0.1) is 11.9 Å². The number of halogens is 3. The van der Waals surface area contributed by atoms with E-state index in [1.807, 2.05) is 42.5 Å². The maximum absolute atomic E-state index is 13.4. The summed E-state index contributed by atoms with van der Waals surface area (Å²) in [6.45, 7) is 3.93. The van der Waals surface area contributed by atoms with E-state index in [1.165, 1.54) is 29.8 Å². The van der Waals surface area contributed by atoms with Gasteiger partial charge in [-0.15, -0.1) is 11.8 Å². The predicted molar refractivity (Wildman–Crippen MR) is 141 cm³/mol. The summed E-state index contributed by atoms with van der Waals surface area (Å²) in [5.41, 5.74) is 0.764. The number of carbonyl (C=O) groups excluding carboxylic acids is 4. The van der Waals surface area contributed by atoms with Crippen LogP contribution in [-0.2, 0) is 23.9 Å². The standard InChI is InChI=1S/C26H29F3N4O5S/c1-15(2)21(32-22(34)16(3)31-13-38-25(37)26(27,28)29)24(36)33-14-39-12-20(33)23(35)30-11-18-9-6-8-17-7-4-5-10-19(17)18/h4-11,15-16,20-21,31H,12-14H2,1-3H3,(H,32,34)/t16-,20-,21-/m0/s1. The third-order valence-corrected chi connectivity index (χ3v) is 7.06. The fraction of sp³-hybridized carbons (Fsp3) is 0.423. The number of hydrogen-bond acceptors (Lipinski definition) is 7. The van der Waals surface area contributed by atoms with Crippen LogP contribution in [0.25, 0.3) is 10.8 Å². The maximum Gasteiger partial charge on any atom is 0.490 e. The van der Waals surface area contributed by atoms with E-state index in [9.17, 15) is 32.3 Å². The van der Waals surface area contributed by atoms with Gasteiger partial charge < -0.3 is 15.0 Å². The third-order valence-electron chi connectivity index (χ3n) is 6.05. The van der Waals surface area contributed by atoms with Crippen molar-refractivity contribution in [3.8, 4) is 0 Å². The normalized spacial score (nSPS) is 17.4. The number of esters is 1. The number of alkyl halides is 3. The molecule has 1 saturated heterocycles. The first-order valence-electron chi connectivity index (χ1n) is 12.1. The Morgan fingerprint density at radius 2 is 1.82 bits per heavy atom. The van der Waals surface area contributed by atoms with Crippen LogP contribution in [0.5, 0.6) is 0 Å². The number of aliphatic imine (C=N–C) groups is 1. The molecule has 3 atom stereocenters. The molecule has 1 aliphatic rings. The van der Waals surface area contributed by atoms with Gasteiger partial charge >= 0.3 is 12.1 Å². The Kier molecular flexibility index (Phi) is 10.1. The van der Waals surface area contributed by atoms with Crippen molar-refractivity contribution >= 4 is 52.4 Å². The van der Waals surface area contributed by atoms with Gasteiger partial charge in [0.2, 0.25) is 11.8 Å². The summed E-state index contributed by atoms with van der Waals surface area (Å²) < 4.78 is 40.8. The van der Waals surface area contributed by atoms with E-state index in [0.29, 0.717) is 5.75 Å². The topological polar surface area (TPSA) is 117 Å². The molecule has 0 unspecified atom stereocenters. The molecular weight excluding hydrogens is 537 g/mol. The number of nitrogens with one attached hydrogen (secondary N) is 2. The molecule has 3 rings (SSSR count). The van der Waals surface area contributed by atoms with Gasteiger partial charge in [-0.25, -0.2) is 9.79 Å². The Balaban J connectivity index is 1.64. The quantitative estimate of drug-likeness (QED) is 0.272. The molecule has 2 N–H and O–H groups in total. The Hall–Kier alpha value is -3.45. The number of hydrogen-bond donors (Lipinski definition) is 2. The van der Waals surface area contributed by atoms with Gasteiger partial charge in [0.1, 0.15) is 18.8 Å². The molecule has 2 aromatic carbocycles. The highest BCUT2D eigenvalue weighted by Crippen LogP contribution is 2.24. The van der Waals surface area contributed by atoms with Crippen LogP contribution >= 0.6 is 11.8 Å². The van der Waals surface area contributed by atoms with Crippen LogP contribution in [0.3, 0.4) is 0 Å². The zero-order chi connectivity index (χ0) is 28.7. The predicted octanol–water partition coefficient (Wildman–Crippen LogP) is 2.87. The maximum atomic E-state index is 13.4. The summed E-state index contributed by atoms with van der Waals surface area (Å²) in [7, 11) is 0. The van der Waals surface area contributed by atoms with E-state index in [4.69, 9.17) is 0 Å². The van der Waals surface area contributed by atoms with Gasteiger partial charge in [-0.05, 0) is 23.6 Å². The smallest absolute Gasteiger partial charge is 0.443 e. The number of benzene rings is 2. The molecule has 0 spiro atoms. The Morgan fingerprint density at radius 3 is 2.51 bits per heavy atom. The van der Waals surface area contributed by atoms with Gasteiger partial charge in [0.15, 0.2) is 0 Å². The first kappa shape index (κ1) is 30.1. The highest BCUT2D eigenvalue weighted by molar-refractivity contribution is 7.99. The zero-order valence-electron chi connectivity index (χ0n) is 21.5. The first-order chi connectivity index (χ1) is 18.4. The molecule has 1 heterocycles. The van der Waals surface area contributed by atoms with Crippen LogP contribution in [0.15, 0.2) is 47.5 Å². The largest absolute Gasteiger partial charge is 0.490 e. The van der Waals surface area contributed by atoms with Gasteiger partial charge in [0.25, 0.3) is 5.91 Å². The SMILES string of the molecule is CC(C)[C@H](NC(=O)[C@H](C)NCOC(=O)C(F)(F)F)C(=O)N1CSC[C@H]1C(=O)N=Cc1cccc2ccccc12. The summed E-state index contributed by atoms with van der Waals surface area (Å²) in [6, 6.07) is 10.4. The molecule has 1 aliphatic heterocycles. The van der Waals surface area contributed by atoms with Crippen molar-refractivity contribution in [2.24, 2.45) is 10.9 Å². The minimum absolute atomic E-state index is 0.235. The lowest BCUT2D eigenvalue weighted by Crippen LogP contribution is -2.56. The average molecular weight is 567 g/mol. The minimum atomic E-state index is -5.15. The minimum Gasteiger partial charge on any atom is -0.443 e. The van der Waals surface area contributed by atoms with Gasteiger partial charge in [0, 0.05) is 17.5 Å². The molecule has 13 heteroatoms. The average Bonchev–Trinajstić information content (AvgIpc) is 3.39. The van der Waals surface area contributed by atoms with E-state index >= 15 is 0 Å². The van der Waals surface area contributed by atoms with Crippen molar-refractivity contribution < 1.29 is 37.1 Å². The second-order valence-electron chi connectivity index (χ2n) is 9.22. The highest BCUT2D eigenvalue weighted by atomic mass is 32.2. The number of carbonyl (C=O) groups is 4. The van der Waals surface area contributed by atoms with Crippen LogP contribution < -0.4 is 10.6 Å². The summed E-state index contributed by atoms with van der Waals surface area (Å²) in [6.07, 6.45) is -3.67. The van der Waals surface area contributed by atoms with E-state index in [2.05, 4.69) is 20.4 Å². The molecular formula is C26H29F3N4O5S. The fourth-order valence-electron chi connectivity index (χ4n) is 3.82. The number of fused-ring (bicyclic) bond motifs is 1. The molecule has 3 amide bonds. The molecule has 0 bridgehead atoms. The van der Waals surface area contributed by atoms with E-state index < -0.39 is 54.7 Å². The summed E-state index contributed by atoms with van der Waals surface area (Å²) in [4.78, 5) is 55.4. The number of ether oxygens (including phenoxy) is 1. The molecule has 2 aromatic rings. The summed E-state index contributed by atoms with van der Waals surface area (Å²) in [5.74, 6) is -3.82. The van der Waals surface area contributed by atoms with Crippen LogP contribution in [0.2, 0.25) is 0 Å². The lowest BCUT2D eigenvalue weighted by molar-refractivity contribution is -0.200.